The first kappa shape index (κ1) is 14.1. The van der Waals surface area contributed by atoms with Gasteiger partial charge in [-0.1, -0.05) is 18.2 Å². The van der Waals surface area contributed by atoms with E-state index >= 15 is 0 Å². The fraction of sp³-hybridized carbons (Fsp3) is 0. The van der Waals surface area contributed by atoms with E-state index in [1.807, 2.05) is 36.5 Å². The van der Waals surface area contributed by atoms with Crippen molar-refractivity contribution in [3.05, 3.63) is 53.2 Å². The molecule has 0 spiro atoms. The summed E-state index contributed by atoms with van der Waals surface area (Å²) in [5.41, 5.74) is 12.3. The van der Waals surface area contributed by atoms with Crippen molar-refractivity contribution >= 4 is 34.9 Å². The van der Waals surface area contributed by atoms with Crippen molar-refractivity contribution in [3.63, 3.8) is 0 Å². The van der Waals surface area contributed by atoms with E-state index in [4.69, 9.17) is 11.5 Å². The molecule has 0 saturated carbocycles. The molecule has 110 valence electrons. The van der Waals surface area contributed by atoms with Gasteiger partial charge in [0.05, 0.1) is 10.6 Å². The van der Waals surface area contributed by atoms with E-state index < -0.39 is 0 Å². The van der Waals surface area contributed by atoms with Gasteiger partial charge in [0.15, 0.2) is 11.1 Å². The molecule has 3 rings (SSSR count). The number of aliphatic imine (C=N–C) groups is 2. The Balaban J connectivity index is 1.95. The SMILES string of the molecule is NC(N)=NC1=NC(=O)C(=Cc2ccccc2-n2cccn2)S1. The lowest BCUT2D eigenvalue weighted by atomic mass is 10.1. The molecule has 0 fully saturated rings. The van der Waals surface area contributed by atoms with Crippen LogP contribution >= 0.6 is 11.8 Å². The molecule has 1 amide bonds. The van der Waals surface area contributed by atoms with Crippen LogP contribution in [-0.4, -0.2) is 26.8 Å². The molecule has 22 heavy (non-hydrogen) atoms. The number of amidine groups is 1. The predicted octanol–water partition coefficient (Wildman–Crippen LogP) is 1.12. The summed E-state index contributed by atoms with van der Waals surface area (Å²) in [6.07, 6.45) is 5.28. The maximum atomic E-state index is 11.9. The van der Waals surface area contributed by atoms with Gasteiger partial charge in [-0.3, -0.25) is 4.79 Å². The number of hydrogen-bond acceptors (Lipinski definition) is 4. The molecule has 1 aromatic heterocycles. The summed E-state index contributed by atoms with van der Waals surface area (Å²) in [7, 11) is 0. The second kappa shape index (κ2) is 5.86. The predicted molar refractivity (Wildman–Crippen MR) is 87.4 cm³/mol. The number of carbonyl (C=O) groups excluding carboxylic acids is 1. The van der Waals surface area contributed by atoms with Gasteiger partial charge in [-0.25, -0.2) is 4.68 Å². The number of benzene rings is 1. The minimum atomic E-state index is -0.361. The number of hydrogen-bond donors (Lipinski definition) is 2. The molecule has 0 bridgehead atoms. The topological polar surface area (TPSA) is 112 Å². The number of nitrogens with two attached hydrogens (primary N) is 2. The van der Waals surface area contributed by atoms with Crippen LogP contribution in [0.3, 0.4) is 0 Å². The second-order valence-electron chi connectivity index (χ2n) is 4.36. The third-order valence-electron chi connectivity index (χ3n) is 2.81. The van der Waals surface area contributed by atoms with E-state index in [1.54, 1.807) is 17.0 Å². The maximum absolute atomic E-state index is 11.9. The Bertz CT molecular complexity index is 803. The first-order valence-electron chi connectivity index (χ1n) is 6.35. The highest BCUT2D eigenvalue weighted by Gasteiger charge is 2.22. The fourth-order valence-electron chi connectivity index (χ4n) is 1.93. The number of guanidine groups is 1. The van der Waals surface area contributed by atoms with Crippen molar-refractivity contribution < 1.29 is 4.79 Å². The molecule has 1 aliphatic heterocycles. The van der Waals surface area contributed by atoms with Gasteiger partial charge in [0.1, 0.15) is 0 Å². The first-order valence-corrected chi connectivity index (χ1v) is 7.16. The van der Waals surface area contributed by atoms with Gasteiger partial charge >= 0.3 is 0 Å². The molecule has 0 unspecified atom stereocenters. The zero-order valence-corrected chi connectivity index (χ0v) is 12.2. The van der Waals surface area contributed by atoms with Crippen molar-refractivity contribution in [3.8, 4) is 5.69 Å². The van der Waals surface area contributed by atoms with Crippen molar-refractivity contribution in [2.45, 2.75) is 0 Å². The zero-order valence-electron chi connectivity index (χ0n) is 11.4. The standard InChI is InChI=1S/C14H12N6OS/c15-13(16)19-14-18-12(21)11(22-14)8-9-4-1-2-5-10(9)20-7-3-6-17-20/h1-8H,(H4,15,16,18,19,21). The Morgan fingerprint density at radius 2 is 2.09 bits per heavy atom. The minimum Gasteiger partial charge on any atom is -0.370 e. The van der Waals surface area contributed by atoms with E-state index in [1.165, 1.54) is 0 Å². The average Bonchev–Trinajstić information content (AvgIpc) is 3.10. The van der Waals surface area contributed by atoms with Gasteiger partial charge < -0.3 is 11.5 Å². The molecule has 1 aromatic carbocycles. The third kappa shape index (κ3) is 2.91. The summed E-state index contributed by atoms with van der Waals surface area (Å²) in [6.45, 7) is 0. The number of thioether (sulfide) groups is 1. The fourth-order valence-corrected chi connectivity index (χ4v) is 2.72. The van der Waals surface area contributed by atoms with Crippen LogP contribution < -0.4 is 11.5 Å². The van der Waals surface area contributed by atoms with Gasteiger partial charge in [0.25, 0.3) is 5.91 Å². The average molecular weight is 312 g/mol. The second-order valence-corrected chi connectivity index (χ2v) is 5.37. The van der Waals surface area contributed by atoms with Gasteiger partial charge in [-0.05, 0) is 30.0 Å². The van der Waals surface area contributed by atoms with Crippen LogP contribution in [-0.2, 0) is 4.79 Å². The van der Waals surface area contributed by atoms with Crippen LogP contribution in [0.2, 0.25) is 0 Å². The lowest BCUT2D eigenvalue weighted by Gasteiger charge is -2.06. The van der Waals surface area contributed by atoms with Crippen molar-refractivity contribution in [1.82, 2.24) is 9.78 Å². The maximum Gasteiger partial charge on any atom is 0.286 e. The number of para-hydroxylation sites is 1. The van der Waals surface area contributed by atoms with Crippen molar-refractivity contribution in [2.75, 3.05) is 0 Å². The van der Waals surface area contributed by atoms with E-state index in [0.717, 1.165) is 23.0 Å². The van der Waals surface area contributed by atoms with Gasteiger partial charge in [-0.2, -0.15) is 15.1 Å². The first-order chi connectivity index (χ1) is 10.6. The molecule has 0 radical (unpaired) electrons. The highest BCUT2D eigenvalue weighted by Crippen LogP contribution is 2.30. The highest BCUT2D eigenvalue weighted by molar-refractivity contribution is 8.18. The normalized spacial score (nSPS) is 15.9. The minimum absolute atomic E-state index is 0.128. The molecule has 8 heteroatoms. The highest BCUT2D eigenvalue weighted by atomic mass is 32.2. The Hall–Kier alpha value is -2.87. The molecule has 1 aliphatic rings. The van der Waals surface area contributed by atoms with Crippen LogP contribution in [0.25, 0.3) is 11.8 Å². The molecule has 0 aliphatic carbocycles. The van der Waals surface area contributed by atoms with Crippen molar-refractivity contribution in [1.29, 1.82) is 0 Å². The third-order valence-corrected chi connectivity index (χ3v) is 3.69. The van der Waals surface area contributed by atoms with Crippen LogP contribution in [0, 0.1) is 0 Å². The lowest BCUT2D eigenvalue weighted by Crippen LogP contribution is -2.23. The van der Waals surface area contributed by atoms with Gasteiger partial charge in [0, 0.05) is 18.0 Å². The number of rotatable bonds is 2. The number of carbonyl (C=O) groups is 1. The van der Waals surface area contributed by atoms with E-state index in [9.17, 15) is 4.79 Å². The van der Waals surface area contributed by atoms with Gasteiger partial charge in [0.2, 0.25) is 0 Å². The molecule has 0 atom stereocenters. The van der Waals surface area contributed by atoms with E-state index in [-0.39, 0.29) is 17.0 Å². The van der Waals surface area contributed by atoms with Crippen molar-refractivity contribution in [2.24, 2.45) is 21.5 Å². The molecule has 4 N–H and O–H groups in total. The van der Waals surface area contributed by atoms with Crippen LogP contribution in [0.15, 0.2) is 57.6 Å². The molecule has 7 nitrogen and oxygen atoms in total. The number of amides is 1. The van der Waals surface area contributed by atoms with Crippen LogP contribution in [0.4, 0.5) is 0 Å². The Morgan fingerprint density at radius 1 is 1.27 bits per heavy atom. The zero-order chi connectivity index (χ0) is 15.5. The summed E-state index contributed by atoms with van der Waals surface area (Å²) in [5.74, 6) is -0.488. The van der Waals surface area contributed by atoms with E-state index in [0.29, 0.717) is 4.91 Å². The summed E-state index contributed by atoms with van der Waals surface area (Å²) in [6, 6.07) is 9.45. The summed E-state index contributed by atoms with van der Waals surface area (Å²) < 4.78 is 1.73. The quantitative estimate of drug-likeness (QED) is 0.490. The molecule has 2 heterocycles. The Kier molecular flexibility index (Phi) is 3.75. The number of nitrogens with zero attached hydrogens (tertiary/aromatic N) is 4. The molecular formula is C14H12N6OS. The summed E-state index contributed by atoms with van der Waals surface area (Å²) >= 11 is 1.13. The smallest absolute Gasteiger partial charge is 0.286 e. The summed E-state index contributed by atoms with van der Waals surface area (Å²) in [4.78, 5) is 20.0. The largest absolute Gasteiger partial charge is 0.370 e. The lowest BCUT2D eigenvalue weighted by molar-refractivity contribution is -0.113. The Morgan fingerprint density at radius 3 is 2.82 bits per heavy atom. The Labute approximate surface area is 130 Å². The van der Waals surface area contributed by atoms with E-state index in [2.05, 4.69) is 15.1 Å². The van der Waals surface area contributed by atoms with Gasteiger partial charge in [-0.15, -0.1) is 0 Å². The van der Waals surface area contributed by atoms with Crippen LogP contribution in [0.5, 0.6) is 0 Å². The monoisotopic (exact) mass is 312 g/mol. The molecular weight excluding hydrogens is 300 g/mol. The van der Waals surface area contributed by atoms with Crippen LogP contribution in [0.1, 0.15) is 5.56 Å². The molecule has 0 saturated heterocycles. The molecule has 2 aromatic rings. The number of aromatic nitrogens is 2. The summed E-state index contributed by atoms with van der Waals surface area (Å²) in [5, 5.41) is 4.45.